The normalized spacial score (nSPS) is 14.5. The number of hydrogen-bond acceptors (Lipinski definition) is 4. The number of hydrogen-bond donors (Lipinski definition) is 1. The predicted octanol–water partition coefficient (Wildman–Crippen LogP) is 2.94. The van der Waals surface area contributed by atoms with Crippen LogP contribution in [0.4, 0.5) is 13.2 Å². The van der Waals surface area contributed by atoms with Crippen LogP contribution >= 0.6 is 0 Å². The van der Waals surface area contributed by atoms with Crippen molar-refractivity contribution in [2.75, 3.05) is 6.61 Å². The average molecular weight is 327 g/mol. The molecule has 0 radical (unpaired) electrons. The minimum Gasteiger partial charge on any atom is -0.464 e. The van der Waals surface area contributed by atoms with Crippen LogP contribution in [0.5, 0.6) is 0 Å². The van der Waals surface area contributed by atoms with Gasteiger partial charge in [0.1, 0.15) is 0 Å². The van der Waals surface area contributed by atoms with Crippen LogP contribution in [-0.2, 0) is 16.0 Å². The number of ether oxygens (including phenoxy) is 1. The van der Waals surface area contributed by atoms with E-state index in [1.807, 2.05) is 13.0 Å². The van der Waals surface area contributed by atoms with Gasteiger partial charge >= 0.3 is 12.1 Å². The van der Waals surface area contributed by atoms with E-state index in [0.717, 1.165) is 10.9 Å². The average Bonchev–Trinajstić information content (AvgIpc) is 2.46. The molecule has 2 aromatic rings. The number of halogens is 3. The minimum atomic E-state index is -5.16. The van der Waals surface area contributed by atoms with Crippen molar-refractivity contribution < 1.29 is 27.8 Å². The topological polar surface area (TPSA) is 59.4 Å². The lowest BCUT2D eigenvalue weighted by molar-refractivity contribution is -0.262. The summed E-state index contributed by atoms with van der Waals surface area (Å²) in [6, 6.07) is 8.25. The standard InChI is InChI=1S/C16H16F3NO3/c1-3-23-14(21)15(22,16(17,18)19)9-12-6-5-11-8-10(2)4-7-13(11)20-12/h4-8,22H,3,9H2,1-2H3. The molecule has 4 nitrogen and oxygen atoms in total. The molecule has 1 N–H and O–H groups in total. The highest BCUT2D eigenvalue weighted by atomic mass is 19.4. The molecule has 0 aliphatic rings. The number of pyridine rings is 1. The largest absolute Gasteiger partial charge is 0.464 e. The van der Waals surface area contributed by atoms with Gasteiger partial charge in [-0.1, -0.05) is 17.7 Å². The summed E-state index contributed by atoms with van der Waals surface area (Å²) in [5.74, 6) is -1.72. The van der Waals surface area contributed by atoms with Gasteiger partial charge in [0.15, 0.2) is 0 Å². The van der Waals surface area contributed by atoms with Gasteiger partial charge in [0, 0.05) is 17.5 Å². The number of benzene rings is 1. The van der Waals surface area contributed by atoms with Crippen LogP contribution in [0.15, 0.2) is 30.3 Å². The Balaban J connectivity index is 2.40. The molecule has 0 bridgehead atoms. The number of rotatable bonds is 4. The lowest BCUT2D eigenvalue weighted by atomic mass is 9.96. The van der Waals surface area contributed by atoms with E-state index in [9.17, 15) is 23.1 Å². The number of aromatic nitrogens is 1. The van der Waals surface area contributed by atoms with Gasteiger partial charge in [-0.25, -0.2) is 4.79 Å². The van der Waals surface area contributed by atoms with Gasteiger partial charge in [0.25, 0.3) is 5.60 Å². The van der Waals surface area contributed by atoms with Crippen LogP contribution in [-0.4, -0.2) is 34.4 Å². The molecule has 1 aromatic carbocycles. The van der Waals surface area contributed by atoms with Crippen molar-refractivity contribution in [1.29, 1.82) is 0 Å². The van der Waals surface area contributed by atoms with Gasteiger partial charge < -0.3 is 9.84 Å². The third kappa shape index (κ3) is 3.44. The Bertz CT molecular complexity index is 730. The number of esters is 1. The molecule has 1 atom stereocenters. The summed E-state index contributed by atoms with van der Waals surface area (Å²) < 4.78 is 43.8. The summed E-state index contributed by atoms with van der Waals surface area (Å²) in [4.78, 5) is 15.7. The number of fused-ring (bicyclic) bond motifs is 1. The molecule has 0 aliphatic carbocycles. The third-order valence-corrected chi connectivity index (χ3v) is 3.42. The Kier molecular flexibility index (Phi) is 4.61. The fraction of sp³-hybridized carbons (Fsp3) is 0.375. The van der Waals surface area contributed by atoms with Crippen LogP contribution < -0.4 is 0 Å². The molecule has 124 valence electrons. The maximum absolute atomic E-state index is 13.2. The first-order valence-corrected chi connectivity index (χ1v) is 7.00. The molecular formula is C16H16F3NO3. The molecule has 23 heavy (non-hydrogen) atoms. The molecule has 2 rings (SSSR count). The van der Waals surface area contributed by atoms with E-state index in [0.29, 0.717) is 5.52 Å². The zero-order valence-electron chi connectivity index (χ0n) is 12.6. The Labute approximate surface area is 130 Å². The summed E-state index contributed by atoms with van der Waals surface area (Å²) in [6.07, 6.45) is -6.16. The second-order valence-electron chi connectivity index (χ2n) is 5.25. The van der Waals surface area contributed by atoms with Crippen LogP contribution in [0.25, 0.3) is 10.9 Å². The van der Waals surface area contributed by atoms with E-state index in [1.165, 1.54) is 13.0 Å². The zero-order valence-corrected chi connectivity index (χ0v) is 12.6. The minimum absolute atomic E-state index is 0.0470. The van der Waals surface area contributed by atoms with Crippen molar-refractivity contribution in [3.63, 3.8) is 0 Å². The van der Waals surface area contributed by atoms with Crippen molar-refractivity contribution in [2.45, 2.75) is 32.0 Å². The number of aliphatic hydroxyl groups is 1. The van der Waals surface area contributed by atoms with E-state index < -0.39 is 24.2 Å². The SMILES string of the molecule is CCOC(=O)C(O)(Cc1ccc2cc(C)ccc2n1)C(F)(F)F. The molecule has 0 saturated carbocycles. The molecule has 1 aromatic heterocycles. The molecule has 0 saturated heterocycles. The van der Waals surface area contributed by atoms with Gasteiger partial charge in [-0.2, -0.15) is 13.2 Å². The number of carbonyl (C=O) groups excluding carboxylic acids is 1. The van der Waals surface area contributed by atoms with E-state index in [4.69, 9.17) is 0 Å². The molecular weight excluding hydrogens is 311 g/mol. The van der Waals surface area contributed by atoms with Crippen molar-refractivity contribution in [1.82, 2.24) is 4.98 Å². The second-order valence-corrected chi connectivity index (χ2v) is 5.25. The first-order valence-electron chi connectivity index (χ1n) is 7.00. The Morgan fingerprint density at radius 1 is 1.26 bits per heavy atom. The highest BCUT2D eigenvalue weighted by Crippen LogP contribution is 2.34. The maximum Gasteiger partial charge on any atom is 0.428 e. The first-order chi connectivity index (χ1) is 10.7. The lowest BCUT2D eigenvalue weighted by Crippen LogP contribution is -2.54. The quantitative estimate of drug-likeness (QED) is 0.877. The summed E-state index contributed by atoms with van der Waals surface area (Å²) >= 11 is 0. The van der Waals surface area contributed by atoms with Crippen molar-refractivity contribution in [2.24, 2.45) is 0 Å². The molecule has 0 amide bonds. The monoisotopic (exact) mass is 327 g/mol. The van der Waals surface area contributed by atoms with Gasteiger partial charge in [-0.05, 0) is 32.0 Å². The molecule has 0 aliphatic heterocycles. The third-order valence-electron chi connectivity index (χ3n) is 3.42. The van der Waals surface area contributed by atoms with E-state index in [-0.39, 0.29) is 12.3 Å². The van der Waals surface area contributed by atoms with Gasteiger partial charge in [0.05, 0.1) is 12.1 Å². The Morgan fingerprint density at radius 2 is 1.96 bits per heavy atom. The van der Waals surface area contributed by atoms with Crippen LogP contribution in [0.3, 0.4) is 0 Å². The molecule has 1 unspecified atom stereocenters. The summed E-state index contributed by atoms with van der Waals surface area (Å²) in [5.41, 5.74) is -2.19. The van der Waals surface area contributed by atoms with Crippen molar-refractivity contribution >= 4 is 16.9 Å². The first kappa shape index (κ1) is 17.2. The van der Waals surface area contributed by atoms with Crippen molar-refractivity contribution in [3.05, 3.63) is 41.6 Å². The van der Waals surface area contributed by atoms with E-state index in [2.05, 4.69) is 9.72 Å². The highest BCUT2D eigenvalue weighted by molar-refractivity contribution is 5.82. The molecule has 0 spiro atoms. The number of aryl methyl sites for hydroxylation is 1. The van der Waals surface area contributed by atoms with E-state index >= 15 is 0 Å². The lowest BCUT2D eigenvalue weighted by Gasteiger charge is -2.27. The number of nitrogens with zero attached hydrogens (tertiary/aromatic N) is 1. The second kappa shape index (κ2) is 6.16. The van der Waals surface area contributed by atoms with Gasteiger partial charge in [-0.15, -0.1) is 0 Å². The van der Waals surface area contributed by atoms with Crippen LogP contribution in [0, 0.1) is 6.92 Å². The Hall–Kier alpha value is -2.15. The smallest absolute Gasteiger partial charge is 0.428 e. The Morgan fingerprint density at radius 3 is 2.57 bits per heavy atom. The van der Waals surface area contributed by atoms with Crippen LogP contribution in [0.2, 0.25) is 0 Å². The fourth-order valence-corrected chi connectivity index (χ4v) is 2.19. The molecule has 7 heteroatoms. The summed E-state index contributed by atoms with van der Waals surface area (Å²) in [6.45, 7) is 2.99. The van der Waals surface area contributed by atoms with Crippen LogP contribution in [0.1, 0.15) is 18.2 Å². The highest BCUT2D eigenvalue weighted by Gasteiger charge is 2.61. The predicted molar refractivity (Wildman–Crippen MR) is 77.8 cm³/mol. The molecule has 0 fully saturated rings. The summed E-state index contributed by atoms with van der Waals surface area (Å²) in [7, 11) is 0. The van der Waals surface area contributed by atoms with Gasteiger partial charge in [0.2, 0.25) is 0 Å². The number of alkyl halides is 3. The van der Waals surface area contributed by atoms with E-state index in [1.54, 1.807) is 18.2 Å². The zero-order chi connectivity index (χ0) is 17.3. The van der Waals surface area contributed by atoms with Crippen molar-refractivity contribution in [3.8, 4) is 0 Å². The molecule has 1 heterocycles. The number of carbonyl (C=O) groups is 1. The van der Waals surface area contributed by atoms with Gasteiger partial charge in [-0.3, -0.25) is 4.98 Å². The maximum atomic E-state index is 13.2. The fourth-order valence-electron chi connectivity index (χ4n) is 2.19. The summed E-state index contributed by atoms with van der Waals surface area (Å²) in [5, 5.41) is 10.6.